The van der Waals surface area contributed by atoms with Crippen molar-refractivity contribution in [1.29, 1.82) is 0 Å². The molecule has 3 rings (SSSR count). The molecule has 0 bridgehead atoms. The maximum Gasteiger partial charge on any atom is 0.123 e. The van der Waals surface area contributed by atoms with Crippen LogP contribution in [0.2, 0.25) is 0 Å². The summed E-state index contributed by atoms with van der Waals surface area (Å²) in [6, 6.07) is 7.01. The molecule has 19 heavy (non-hydrogen) atoms. The lowest BCUT2D eigenvalue weighted by Crippen LogP contribution is -2.55. The van der Waals surface area contributed by atoms with Crippen LogP contribution in [0.3, 0.4) is 0 Å². The molecule has 2 fully saturated rings. The number of rotatable bonds is 3. The molecule has 2 aliphatic rings. The lowest BCUT2D eigenvalue weighted by Gasteiger charge is -2.42. The van der Waals surface area contributed by atoms with E-state index < -0.39 is 0 Å². The molecule has 0 aromatic heterocycles. The molecule has 104 valence electrons. The van der Waals surface area contributed by atoms with E-state index >= 15 is 0 Å². The zero-order valence-electron chi connectivity index (χ0n) is 11.1. The van der Waals surface area contributed by atoms with Gasteiger partial charge in [-0.15, -0.1) is 0 Å². The zero-order chi connectivity index (χ0) is 13.1. The highest BCUT2D eigenvalue weighted by Crippen LogP contribution is 2.24. The number of hydrogen-bond donors (Lipinski definition) is 1. The third-order valence-electron chi connectivity index (χ3n) is 4.17. The number of hydrogen-bond acceptors (Lipinski definition) is 3. The van der Waals surface area contributed by atoms with Crippen LogP contribution in [0, 0.1) is 11.7 Å². The van der Waals surface area contributed by atoms with Crippen molar-refractivity contribution in [3.8, 4) is 5.75 Å². The minimum Gasteiger partial charge on any atom is -0.493 e. The van der Waals surface area contributed by atoms with Crippen LogP contribution in [-0.4, -0.2) is 43.7 Å². The SMILES string of the molecule is Fc1ccc(OC[C@H]2CCC3CNCCN3C2)cc1. The van der Waals surface area contributed by atoms with Gasteiger partial charge in [0.25, 0.3) is 0 Å². The first-order chi connectivity index (χ1) is 9.31. The van der Waals surface area contributed by atoms with Crippen LogP contribution < -0.4 is 10.1 Å². The molecule has 0 aliphatic carbocycles. The first-order valence-corrected chi connectivity index (χ1v) is 7.14. The number of halogens is 1. The monoisotopic (exact) mass is 264 g/mol. The maximum absolute atomic E-state index is 12.8. The van der Waals surface area contributed by atoms with Gasteiger partial charge in [0.2, 0.25) is 0 Å². The van der Waals surface area contributed by atoms with Gasteiger partial charge in [-0.05, 0) is 37.1 Å². The Balaban J connectivity index is 1.49. The smallest absolute Gasteiger partial charge is 0.123 e. The summed E-state index contributed by atoms with van der Waals surface area (Å²) in [4.78, 5) is 2.58. The molecule has 2 heterocycles. The third-order valence-corrected chi connectivity index (χ3v) is 4.17. The van der Waals surface area contributed by atoms with Crippen molar-refractivity contribution in [2.24, 2.45) is 5.92 Å². The largest absolute Gasteiger partial charge is 0.493 e. The van der Waals surface area contributed by atoms with Gasteiger partial charge in [-0.25, -0.2) is 4.39 Å². The Morgan fingerprint density at radius 3 is 2.95 bits per heavy atom. The van der Waals surface area contributed by atoms with Gasteiger partial charge in [0.15, 0.2) is 0 Å². The van der Waals surface area contributed by atoms with E-state index in [1.54, 1.807) is 12.1 Å². The molecule has 3 nitrogen and oxygen atoms in total. The summed E-state index contributed by atoms with van der Waals surface area (Å²) >= 11 is 0. The molecular formula is C15H21FN2O. The first kappa shape index (κ1) is 12.9. The summed E-state index contributed by atoms with van der Waals surface area (Å²) < 4.78 is 18.6. The van der Waals surface area contributed by atoms with E-state index in [1.165, 1.54) is 25.0 Å². The molecule has 2 aliphatic heterocycles. The number of fused-ring (bicyclic) bond motifs is 1. The van der Waals surface area contributed by atoms with Gasteiger partial charge >= 0.3 is 0 Å². The predicted molar refractivity (Wildman–Crippen MR) is 72.8 cm³/mol. The lowest BCUT2D eigenvalue weighted by molar-refractivity contribution is 0.0650. The van der Waals surface area contributed by atoms with E-state index in [1.807, 2.05) is 0 Å². The van der Waals surface area contributed by atoms with Crippen LogP contribution >= 0.6 is 0 Å². The fourth-order valence-corrected chi connectivity index (χ4v) is 3.06. The highest BCUT2D eigenvalue weighted by Gasteiger charge is 2.29. The molecule has 1 N–H and O–H groups in total. The van der Waals surface area contributed by atoms with Crippen LogP contribution in [0.25, 0.3) is 0 Å². The van der Waals surface area contributed by atoms with Crippen molar-refractivity contribution < 1.29 is 9.13 Å². The van der Waals surface area contributed by atoms with Crippen molar-refractivity contribution in [2.45, 2.75) is 18.9 Å². The average Bonchev–Trinajstić information content (AvgIpc) is 2.46. The number of ether oxygens (including phenoxy) is 1. The number of piperidine rings is 1. The molecule has 2 saturated heterocycles. The normalized spacial score (nSPS) is 27.8. The molecule has 1 aromatic rings. The summed E-state index contributed by atoms with van der Waals surface area (Å²) in [5, 5.41) is 3.45. The van der Waals surface area contributed by atoms with Crippen molar-refractivity contribution in [1.82, 2.24) is 10.2 Å². The molecule has 1 aromatic carbocycles. The Kier molecular flexibility index (Phi) is 3.99. The van der Waals surface area contributed by atoms with E-state index in [0.717, 1.165) is 44.6 Å². The summed E-state index contributed by atoms with van der Waals surface area (Å²) in [5.74, 6) is 1.15. The minimum absolute atomic E-state index is 0.214. The van der Waals surface area contributed by atoms with Crippen molar-refractivity contribution in [3.63, 3.8) is 0 Å². The molecule has 0 amide bonds. The second-order valence-electron chi connectivity index (χ2n) is 5.56. The third kappa shape index (κ3) is 3.25. The molecule has 0 spiro atoms. The number of piperazine rings is 1. The fourth-order valence-electron chi connectivity index (χ4n) is 3.06. The molecular weight excluding hydrogens is 243 g/mol. The van der Waals surface area contributed by atoms with E-state index in [-0.39, 0.29) is 5.82 Å². The molecule has 4 heteroatoms. The average molecular weight is 264 g/mol. The quantitative estimate of drug-likeness (QED) is 0.902. The van der Waals surface area contributed by atoms with E-state index in [2.05, 4.69) is 10.2 Å². The Bertz CT molecular complexity index is 409. The van der Waals surface area contributed by atoms with Crippen molar-refractivity contribution in [2.75, 3.05) is 32.8 Å². The van der Waals surface area contributed by atoms with Crippen molar-refractivity contribution in [3.05, 3.63) is 30.1 Å². The fraction of sp³-hybridized carbons (Fsp3) is 0.600. The minimum atomic E-state index is -0.214. The maximum atomic E-state index is 12.8. The van der Waals surface area contributed by atoms with Gasteiger partial charge in [0.1, 0.15) is 11.6 Å². The summed E-state index contributed by atoms with van der Waals surface area (Å²) in [7, 11) is 0. The number of nitrogens with zero attached hydrogens (tertiary/aromatic N) is 1. The second-order valence-corrected chi connectivity index (χ2v) is 5.56. The zero-order valence-corrected chi connectivity index (χ0v) is 11.1. The topological polar surface area (TPSA) is 24.5 Å². The second kappa shape index (κ2) is 5.88. The van der Waals surface area contributed by atoms with Gasteiger partial charge in [-0.2, -0.15) is 0 Å². The van der Waals surface area contributed by atoms with Crippen LogP contribution in [0.15, 0.2) is 24.3 Å². The van der Waals surface area contributed by atoms with E-state index in [4.69, 9.17) is 4.74 Å². The number of benzene rings is 1. The standard InChI is InChI=1S/C15H21FN2O/c16-13-2-5-15(6-3-13)19-11-12-1-4-14-9-17-7-8-18(14)10-12/h2-3,5-6,12,14,17H,1,4,7-11H2/t12-,14?/m0/s1. The van der Waals surface area contributed by atoms with Gasteiger partial charge in [0.05, 0.1) is 6.61 Å². The van der Waals surface area contributed by atoms with Crippen LogP contribution in [0.4, 0.5) is 4.39 Å². The van der Waals surface area contributed by atoms with Gasteiger partial charge in [-0.1, -0.05) is 0 Å². The van der Waals surface area contributed by atoms with Crippen LogP contribution in [0.5, 0.6) is 5.75 Å². The first-order valence-electron chi connectivity index (χ1n) is 7.14. The summed E-state index contributed by atoms with van der Waals surface area (Å²) in [6.45, 7) is 5.25. The Morgan fingerprint density at radius 1 is 1.26 bits per heavy atom. The molecule has 1 unspecified atom stereocenters. The van der Waals surface area contributed by atoms with E-state index in [0.29, 0.717) is 5.92 Å². The lowest BCUT2D eigenvalue weighted by atomic mass is 9.92. The molecule has 0 saturated carbocycles. The Morgan fingerprint density at radius 2 is 2.11 bits per heavy atom. The molecule has 2 atom stereocenters. The predicted octanol–water partition coefficient (Wildman–Crippen LogP) is 1.89. The molecule has 0 radical (unpaired) electrons. The summed E-state index contributed by atoms with van der Waals surface area (Å²) in [5.41, 5.74) is 0. The van der Waals surface area contributed by atoms with Crippen LogP contribution in [-0.2, 0) is 0 Å². The Labute approximate surface area is 113 Å². The van der Waals surface area contributed by atoms with E-state index in [9.17, 15) is 4.39 Å². The highest BCUT2D eigenvalue weighted by atomic mass is 19.1. The number of nitrogens with one attached hydrogen (secondary N) is 1. The van der Waals surface area contributed by atoms with Crippen molar-refractivity contribution >= 4 is 0 Å². The van der Waals surface area contributed by atoms with Crippen LogP contribution in [0.1, 0.15) is 12.8 Å². The van der Waals surface area contributed by atoms with Gasteiger partial charge in [0, 0.05) is 38.1 Å². The summed E-state index contributed by atoms with van der Waals surface area (Å²) in [6.07, 6.45) is 2.48. The highest BCUT2D eigenvalue weighted by molar-refractivity contribution is 5.22. The van der Waals surface area contributed by atoms with Gasteiger partial charge < -0.3 is 10.1 Å². The van der Waals surface area contributed by atoms with Gasteiger partial charge in [-0.3, -0.25) is 4.90 Å². The Hall–Kier alpha value is -1.13.